The molecule has 2 aromatic heterocycles. The molecule has 174 valence electrons. The fourth-order valence-corrected chi connectivity index (χ4v) is 5.02. The molecule has 0 aliphatic heterocycles. The summed E-state index contributed by atoms with van der Waals surface area (Å²) in [5.74, 6) is 1.26. The molecule has 6 nitrogen and oxygen atoms in total. The lowest BCUT2D eigenvalue weighted by atomic mass is 10.1. The van der Waals surface area contributed by atoms with E-state index in [1.807, 2.05) is 61.7 Å². The van der Waals surface area contributed by atoms with Crippen LogP contribution in [0, 0.1) is 6.92 Å². The summed E-state index contributed by atoms with van der Waals surface area (Å²) >= 11 is 1.52. The van der Waals surface area contributed by atoms with Gasteiger partial charge in [-0.15, -0.1) is 11.3 Å². The van der Waals surface area contributed by atoms with Crippen LogP contribution in [-0.2, 0) is 16.0 Å². The normalized spacial score (nSPS) is 14.7. The van der Waals surface area contributed by atoms with Crippen molar-refractivity contribution in [3.8, 4) is 5.75 Å². The van der Waals surface area contributed by atoms with Crippen LogP contribution < -0.4 is 15.0 Å². The van der Waals surface area contributed by atoms with Crippen molar-refractivity contribution < 1.29 is 18.7 Å². The summed E-state index contributed by atoms with van der Waals surface area (Å²) in [7, 11) is 0. The summed E-state index contributed by atoms with van der Waals surface area (Å²) in [5.41, 5.74) is 0.557. The first-order valence-corrected chi connectivity index (χ1v) is 12.4. The number of carbonyl (C=O) groups is 2. The number of rotatable bonds is 9. The standard InChI is InChI=1S/C26H30N2O4S/c1-3-31-22-13-7-6-12-21(22)28(24(29)17-20-11-8-16-33-20)25(23-15-14-18(2)32-23)26(30)27-19-9-4-5-10-19/h6-8,11-16,19,25H,3-5,9-10,17H2,1-2H3,(H,27,30)/t25-/m1/s1. The fraction of sp³-hybridized carbons (Fsp3) is 0.385. The van der Waals surface area contributed by atoms with Gasteiger partial charge in [0.25, 0.3) is 5.91 Å². The van der Waals surface area contributed by atoms with E-state index in [1.54, 1.807) is 11.0 Å². The Bertz CT molecular complexity index is 1070. The number of thiophene rings is 1. The average molecular weight is 467 g/mol. The lowest BCUT2D eigenvalue weighted by Gasteiger charge is -2.32. The van der Waals surface area contributed by atoms with Crippen LogP contribution in [0.2, 0.25) is 0 Å². The topological polar surface area (TPSA) is 71.8 Å². The predicted octanol–water partition coefficient (Wildman–Crippen LogP) is 5.42. The fourth-order valence-electron chi connectivity index (χ4n) is 4.32. The molecule has 0 spiro atoms. The number of para-hydroxylation sites is 2. The maximum absolute atomic E-state index is 13.8. The van der Waals surface area contributed by atoms with Gasteiger partial charge in [-0.3, -0.25) is 14.5 Å². The molecule has 2 heterocycles. The summed E-state index contributed by atoms with van der Waals surface area (Å²) in [6, 6.07) is 14.0. The first kappa shape index (κ1) is 23.1. The molecule has 0 unspecified atom stereocenters. The molecule has 1 aliphatic rings. The van der Waals surface area contributed by atoms with Crippen LogP contribution in [0.4, 0.5) is 5.69 Å². The maximum atomic E-state index is 13.8. The molecule has 1 aromatic carbocycles. The smallest absolute Gasteiger partial charge is 0.251 e. The lowest BCUT2D eigenvalue weighted by molar-refractivity contribution is -0.127. The number of ether oxygens (including phenoxy) is 1. The average Bonchev–Trinajstić information content (AvgIpc) is 3.57. The van der Waals surface area contributed by atoms with E-state index in [0.717, 1.165) is 30.6 Å². The van der Waals surface area contributed by atoms with Crippen molar-refractivity contribution in [1.82, 2.24) is 5.32 Å². The van der Waals surface area contributed by atoms with Gasteiger partial charge in [-0.25, -0.2) is 0 Å². The molecule has 7 heteroatoms. The zero-order valence-electron chi connectivity index (χ0n) is 19.1. The number of aryl methyl sites for hydroxylation is 1. The molecular formula is C26H30N2O4S. The monoisotopic (exact) mass is 466 g/mol. The highest BCUT2D eigenvalue weighted by molar-refractivity contribution is 7.10. The molecule has 1 saturated carbocycles. The predicted molar refractivity (Wildman–Crippen MR) is 130 cm³/mol. The van der Waals surface area contributed by atoms with Gasteiger partial charge in [-0.1, -0.05) is 31.0 Å². The van der Waals surface area contributed by atoms with Crippen molar-refractivity contribution in [2.75, 3.05) is 11.5 Å². The third-order valence-electron chi connectivity index (χ3n) is 5.84. The van der Waals surface area contributed by atoms with Crippen molar-refractivity contribution in [3.05, 3.63) is 70.3 Å². The molecule has 4 rings (SSSR count). The van der Waals surface area contributed by atoms with Gasteiger partial charge in [-0.05, 0) is 62.4 Å². The number of amides is 2. The molecule has 0 bridgehead atoms. The highest BCUT2D eigenvalue weighted by Gasteiger charge is 2.37. The van der Waals surface area contributed by atoms with E-state index in [9.17, 15) is 9.59 Å². The number of anilines is 1. The van der Waals surface area contributed by atoms with Gasteiger partial charge in [0.05, 0.1) is 18.7 Å². The van der Waals surface area contributed by atoms with E-state index >= 15 is 0 Å². The van der Waals surface area contributed by atoms with Gasteiger partial charge in [0, 0.05) is 10.9 Å². The molecule has 1 atom stereocenters. The van der Waals surface area contributed by atoms with E-state index < -0.39 is 6.04 Å². The number of furan rings is 1. The zero-order chi connectivity index (χ0) is 23.2. The largest absolute Gasteiger partial charge is 0.492 e. The number of hydrogen-bond acceptors (Lipinski definition) is 5. The van der Waals surface area contributed by atoms with Gasteiger partial charge in [0.2, 0.25) is 5.91 Å². The number of nitrogens with one attached hydrogen (secondary N) is 1. The van der Waals surface area contributed by atoms with E-state index in [4.69, 9.17) is 9.15 Å². The minimum atomic E-state index is -0.937. The maximum Gasteiger partial charge on any atom is 0.251 e. The van der Waals surface area contributed by atoms with Crippen molar-refractivity contribution in [2.45, 2.75) is 58.0 Å². The Balaban J connectivity index is 1.78. The van der Waals surface area contributed by atoms with Crippen LogP contribution in [0.15, 0.2) is 58.3 Å². The summed E-state index contributed by atoms with van der Waals surface area (Å²) in [5, 5.41) is 5.12. The Kier molecular flexibility index (Phi) is 7.50. The minimum absolute atomic E-state index is 0.118. The highest BCUT2D eigenvalue weighted by atomic mass is 32.1. The quantitative estimate of drug-likeness (QED) is 0.457. The second-order valence-corrected chi connectivity index (χ2v) is 9.29. The van der Waals surface area contributed by atoms with Crippen LogP contribution in [0.5, 0.6) is 5.75 Å². The second kappa shape index (κ2) is 10.7. The second-order valence-electron chi connectivity index (χ2n) is 8.26. The van der Waals surface area contributed by atoms with Gasteiger partial charge in [-0.2, -0.15) is 0 Å². The van der Waals surface area contributed by atoms with Gasteiger partial charge < -0.3 is 14.5 Å². The molecule has 3 aromatic rings. The molecule has 33 heavy (non-hydrogen) atoms. The van der Waals surface area contributed by atoms with Gasteiger partial charge in [0.15, 0.2) is 6.04 Å². The minimum Gasteiger partial charge on any atom is -0.492 e. The Morgan fingerprint density at radius 1 is 1.15 bits per heavy atom. The van der Waals surface area contributed by atoms with E-state index in [0.29, 0.717) is 29.6 Å². The summed E-state index contributed by atoms with van der Waals surface area (Å²) in [6.45, 7) is 4.18. The molecule has 2 amide bonds. The number of benzene rings is 1. The van der Waals surface area contributed by atoms with Crippen LogP contribution in [0.3, 0.4) is 0 Å². The van der Waals surface area contributed by atoms with Crippen molar-refractivity contribution >= 4 is 28.8 Å². The van der Waals surface area contributed by atoms with E-state index in [2.05, 4.69) is 5.32 Å². The number of nitrogens with zero attached hydrogens (tertiary/aromatic N) is 1. The zero-order valence-corrected chi connectivity index (χ0v) is 19.9. The van der Waals surface area contributed by atoms with Crippen molar-refractivity contribution in [1.29, 1.82) is 0 Å². The van der Waals surface area contributed by atoms with Crippen LogP contribution in [0.1, 0.15) is 55.0 Å². The van der Waals surface area contributed by atoms with Crippen molar-refractivity contribution in [3.63, 3.8) is 0 Å². The Morgan fingerprint density at radius 3 is 2.61 bits per heavy atom. The van der Waals surface area contributed by atoms with Crippen molar-refractivity contribution in [2.24, 2.45) is 0 Å². The number of hydrogen-bond donors (Lipinski definition) is 1. The van der Waals surface area contributed by atoms with Crippen LogP contribution >= 0.6 is 11.3 Å². The third-order valence-corrected chi connectivity index (χ3v) is 6.71. The lowest BCUT2D eigenvalue weighted by Crippen LogP contribution is -2.46. The summed E-state index contributed by atoms with van der Waals surface area (Å²) in [6.07, 6.45) is 4.29. The van der Waals surface area contributed by atoms with E-state index in [1.165, 1.54) is 11.3 Å². The Labute approximate surface area is 198 Å². The van der Waals surface area contributed by atoms with Crippen LogP contribution in [-0.4, -0.2) is 24.5 Å². The first-order valence-electron chi connectivity index (χ1n) is 11.5. The highest BCUT2D eigenvalue weighted by Crippen LogP contribution is 2.36. The van der Waals surface area contributed by atoms with Gasteiger partial charge in [0.1, 0.15) is 17.3 Å². The molecule has 1 fully saturated rings. The summed E-state index contributed by atoms with van der Waals surface area (Å²) < 4.78 is 11.8. The number of carbonyl (C=O) groups excluding carboxylic acids is 2. The SMILES string of the molecule is CCOc1ccccc1N(C(=O)Cc1cccs1)[C@@H](C(=O)NC1CCCC1)c1ccc(C)o1. The Morgan fingerprint density at radius 2 is 1.94 bits per heavy atom. The molecule has 1 N–H and O–H groups in total. The van der Waals surface area contributed by atoms with Crippen LogP contribution in [0.25, 0.3) is 0 Å². The Hall–Kier alpha value is -3.06. The summed E-state index contributed by atoms with van der Waals surface area (Å²) in [4.78, 5) is 30.0. The third kappa shape index (κ3) is 5.47. The first-order chi connectivity index (χ1) is 16.1. The van der Waals surface area contributed by atoms with Gasteiger partial charge >= 0.3 is 0 Å². The van der Waals surface area contributed by atoms with E-state index in [-0.39, 0.29) is 24.3 Å². The molecular weight excluding hydrogens is 436 g/mol. The molecule has 0 radical (unpaired) electrons. The molecule has 1 aliphatic carbocycles. The molecule has 0 saturated heterocycles.